The van der Waals surface area contributed by atoms with Gasteiger partial charge in [-0.05, 0) is 56.5 Å². The van der Waals surface area contributed by atoms with Crippen molar-refractivity contribution in [3.63, 3.8) is 0 Å². The minimum atomic E-state index is -0.128. The molecule has 2 heteroatoms. The molecule has 0 saturated carbocycles. The van der Waals surface area contributed by atoms with Crippen LogP contribution < -0.4 is 10.5 Å². The molecule has 0 aliphatic rings. The van der Waals surface area contributed by atoms with Crippen molar-refractivity contribution < 1.29 is 4.74 Å². The zero-order valence-corrected chi connectivity index (χ0v) is 12.7. The second kappa shape index (κ2) is 6.10. The van der Waals surface area contributed by atoms with Gasteiger partial charge in [-0.25, -0.2) is 0 Å². The Bertz CT molecular complexity index is 574. The van der Waals surface area contributed by atoms with Gasteiger partial charge in [-0.2, -0.15) is 0 Å². The maximum Gasteiger partial charge on any atom is 0.120 e. The minimum Gasteiger partial charge on any atom is -0.489 e. The van der Waals surface area contributed by atoms with Crippen LogP contribution in [0.2, 0.25) is 0 Å². The summed E-state index contributed by atoms with van der Waals surface area (Å²) >= 11 is 0. The molecular formula is C18H23NO. The lowest BCUT2D eigenvalue weighted by Crippen LogP contribution is -2.28. The van der Waals surface area contributed by atoms with Crippen molar-refractivity contribution in [2.75, 3.05) is 0 Å². The molecule has 0 bridgehead atoms. The van der Waals surface area contributed by atoms with Crippen molar-refractivity contribution in [1.82, 2.24) is 0 Å². The van der Waals surface area contributed by atoms with E-state index in [1.807, 2.05) is 13.0 Å². The van der Waals surface area contributed by atoms with E-state index in [9.17, 15) is 0 Å². The van der Waals surface area contributed by atoms with Gasteiger partial charge >= 0.3 is 0 Å². The molecule has 0 fully saturated rings. The summed E-state index contributed by atoms with van der Waals surface area (Å²) in [5, 5.41) is 0. The van der Waals surface area contributed by atoms with Gasteiger partial charge in [0.15, 0.2) is 0 Å². The molecule has 106 valence electrons. The number of rotatable bonds is 4. The smallest absolute Gasteiger partial charge is 0.120 e. The lowest BCUT2D eigenvalue weighted by atomic mass is 10.0. The Kier molecular flexibility index (Phi) is 4.46. The molecule has 2 atom stereocenters. The van der Waals surface area contributed by atoms with Crippen molar-refractivity contribution in [2.45, 2.75) is 39.8 Å². The van der Waals surface area contributed by atoms with Crippen LogP contribution in [0.4, 0.5) is 0 Å². The zero-order chi connectivity index (χ0) is 14.7. The number of nitrogens with two attached hydrogens (primary N) is 1. The van der Waals surface area contributed by atoms with E-state index in [-0.39, 0.29) is 12.1 Å². The van der Waals surface area contributed by atoms with Crippen LogP contribution in [0, 0.1) is 20.8 Å². The maximum atomic E-state index is 6.28. The summed E-state index contributed by atoms with van der Waals surface area (Å²) in [6.45, 7) is 8.28. The van der Waals surface area contributed by atoms with E-state index in [2.05, 4.69) is 57.2 Å². The number of aryl methyl sites for hydroxylation is 3. The highest BCUT2D eigenvalue weighted by Crippen LogP contribution is 2.22. The molecular weight excluding hydrogens is 246 g/mol. The molecule has 20 heavy (non-hydrogen) atoms. The fourth-order valence-electron chi connectivity index (χ4n) is 2.13. The van der Waals surface area contributed by atoms with Crippen molar-refractivity contribution in [1.29, 1.82) is 0 Å². The Hall–Kier alpha value is -1.80. The Labute approximate surface area is 121 Å². The first-order valence-electron chi connectivity index (χ1n) is 7.03. The molecule has 0 aromatic heterocycles. The number of ether oxygens (including phenoxy) is 1. The van der Waals surface area contributed by atoms with Crippen molar-refractivity contribution >= 4 is 0 Å². The Morgan fingerprint density at radius 1 is 0.900 bits per heavy atom. The molecule has 0 aliphatic carbocycles. The molecule has 2 unspecified atom stereocenters. The Morgan fingerprint density at radius 2 is 1.55 bits per heavy atom. The predicted molar refractivity (Wildman–Crippen MR) is 84.1 cm³/mol. The van der Waals surface area contributed by atoms with Crippen molar-refractivity contribution in [3.8, 4) is 5.75 Å². The van der Waals surface area contributed by atoms with Gasteiger partial charge in [-0.3, -0.25) is 0 Å². The van der Waals surface area contributed by atoms with E-state index in [1.54, 1.807) is 0 Å². The molecule has 0 spiro atoms. The zero-order valence-electron chi connectivity index (χ0n) is 12.7. The van der Waals surface area contributed by atoms with E-state index >= 15 is 0 Å². The molecule has 0 radical (unpaired) electrons. The highest BCUT2D eigenvalue weighted by atomic mass is 16.5. The van der Waals surface area contributed by atoms with Gasteiger partial charge in [0.1, 0.15) is 11.9 Å². The van der Waals surface area contributed by atoms with Gasteiger partial charge in [-0.1, -0.05) is 35.9 Å². The van der Waals surface area contributed by atoms with Gasteiger partial charge in [0, 0.05) is 0 Å². The SMILES string of the molecule is Cc1ccc(C(N)C(C)Oc2ccc(C)c(C)c2)cc1. The molecule has 2 nitrogen and oxygen atoms in total. The second-order valence-corrected chi connectivity index (χ2v) is 5.51. The van der Waals surface area contributed by atoms with Crippen LogP contribution in [0.15, 0.2) is 42.5 Å². The van der Waals surface area contributed by atoms with Crippen molar-refractivity contribution in [3.05, 3.63) is 64.7 Å². The first-order valence-corrected chi connectivity index (χ1v) is 7.03. The number of hydrogen-bond donors (Lipinski definition) is 1. The number of benzene rings is 2. The minimum absolute atomic E-state index is 0.0696. The summed E-state index contributed by atoms with van der Waals surface area (Å²) in [4.78, 5) is 0. The third kappa shape index (κ3) is 3.40. The molecule has 0 saturated heterocycles. The molecule has 2 aromatic carbocycles. The second-order valence-electron chi connectivity index (χ2n) is 5.51. The normalized spacial score (nSPS) is 13.8. The highest BCUT2D eigenvalue weighted by molar-refractivity contribution is 5.34. The third-order valence-electron chi connectivity index (χ3n) is 3.77. The van der Waals surface area contributed by atoms with Crippen LogP contribution in [-0.4, -0.2) is 6.10 Å². The average molecular weight is 269 g/mol. The quantitative estimate of drug-likeness (QED) is 0.907. The standard InChI is InChI=1S/C18H23NO/c1-12-5-8-16(9-6-12)18(19)15(4)20-17-10-7-13(2)14(3)11-17/h5-11,15,18H,19H2,1-4H3. The van der Waals surface area contributed by atoms with E-state index in [1.165, 1.54) is 16.7 Å². The van der Waals surface area contributed by atoms with Gasteiger partial charge in [0.25, 0.3) is 0 Å². The molecule has 0 heterocycles. The number of hydrogen-bond acceptors (Lipinski definition) is 2. The van der Waals surface area contributed by atoms with Gasteiger partial charge in [0.05, 0.1) is 6.04 Å². The monoisotopic (exact) mass is 269 g/mol. The fraction of sp³-hybridized carbons (Fsp3) is 0.333. The van der Waals surface area contributed by atoms with E-state index < -0.39 is 0 Å². The van der Waals surface area contributed by atoms with E-state index in [0.717, 1.165) is 11.3 Å². The molecule has 2 rings (SSSR count). The first kappa shape index (κ1) is 14.6. The van der Waals surface area contributed by atoms with Gasteiger partial charge in [0.2, 0.25) is 0 Å². The summed E-state index contributed by atoms with van der Waals surface area (Å²) in [5.41, 5.74) is 11.1. The summed E-state index contributed by atoms with van der Waals surface area (Å²) in [6.07, 6.45) is -0.0696. The lowest BCUT2D eigenvalue weighted by Gasteiger charge is -2.22. The maximum absolute atomic E-state index is 6.28. The van der Waals surface area contributed by atoms with Crippen LogP contribution in [0.25, 0.3) is 0 Å². The summed E-state index contributed by atoms with van der Waals surface area (Å²) in [6, 6.07) is 14.3. The van der Waals surface area contributed by atoms with Crippen LogP contribution in [0.3, 0.4) is 0 Å². The van der Waals surface area contributed by atoms with Crippen LogP contribution in [-0.2, 0) is 0 Å². The fourth-order valence-corrected chi connectivity index (χ4v) is 2.13. The molecule has 2 N–H and O–H groups in total. The van der Waals surface area contributed by atoms with Crippen LogP contribution >= 0.6 is 0 Å². The van der Waals surface area contributed by atoms with E-state index in [4.69, 9.17) is 10.5 Å². The summed E-state index contributed by atoms with van der Waals surface area (Å²) in [7, 11) is 0. The predicted octanol–water partition coefficient (Wildman–Crippen LogP) is 4.08. The van der Waals surface area contributed by atoms with Crippen LogP contribution in [0.1, 0.15) is 35.2 Å². The molecule has 0 aliphatic heterocycles. The first-order chi connectivity index (χ1) is 9.47. The lowest BCUT2D eigenvalue weighted by molar-refractivity contribution is 0.190. The Morgan fingerprint density at radius 3 is 2.15 bits per heavy atom. The van der Waals surface area contributed by atoms with Gasteiger partial charge < -0.3 is 10.5 Å². The van der Waals surface area contributed by atoms with Crippen molar-refractivity contribution in [2.24, 2.45) is 5.73 Å². The largest absolute Gasteiger partial charge is 0.489 e. The topological polar surface area (TPSA) is 35.2 Å². The summed E-state index contributed by atoms with van der Waals surface area (Å²) in [5.74, 6) is 0.878. The average Bonchev–Trinajstić information content (AvgIpc) is 2.43. The third-order valence-corrected chi connectivity index (χ3v) is 3.77. The molecule has 2 aromatic rings. The van der Waals surface area contributed by atoms with Gasteiger partial charge in [-0.15, -0.1) is 0 Å². The highest BCUT2D eigenvalue weighted by Gasteiger charge is 2.16. The van der Waals surface area contributed by atoms with Crippen LogP contribution in [0.5, 0.6) is 5.75 Å². The summed E-state index contributed by atoms with van der Waals surface area (Å²) < 4.78 is 5.97. The Balaban J connectivity index is 2.08. The van der Waals surface area contributed by atoms with E-state index in [0.29, 0.717) is 0 Å². The molecule has 0 amide bonds.